The van der Waals surface area contributed by atoms with Crippen molar-refractivity contribution in [1.29, 1.82) is 0 Å². The van der Waals surface area contributed by atoms with Gasteiger partial charge in [0.2, 0.25) is 5.91 Å². The summed E-state index contributed by atoms with van der Waals surface area (Å²) >= 11 is 0. The summed E-state index contributed by atoms with van der Waals surface area (Å²) in [6, 6.07) is 8.47. The Morgan fingerprint density at radius 2 is 1.96 bits per heavy atom. The van der Waals surface area contributed by atoms with Crippen molar-refractivity contribution in [2.45, 2.75) is 53.1 Å². The zero-order valence-corrected chi connectivity index (χ0v) is 14.8. The van der Waals surface area contributed by atoms with E-state index in [0.717, 1.165) is 30.5 Å². The lowest BCUT2D eigenvalue weighted by atomic mass is 9.86. The molecule has 1 amide bonds. The SMILES string of the molecule is CCCC1OC=C(c2ccc(C)cc2)C1CC(=O)NCC(C)C. The molecule has 0 bridgehead atoms. The summed E-state index contributed by atoms with van der Waals surface area (Å²) in [5.74, 6) is 0.732. The zero-order chi connectivity index (χ0) is 16.8. The van der Waals surface area contributed by atoms with E-state index in [2.05, 4.69) is 57.3 Å². The van der Waals surface area contributed by atoms with Crippen molar-refractivity contribution < 1.29 is 9.53 Å². The van der Waals surface area contributed by atoms with Gasteiger partial charge in [-0.1, -0.05) is 57.0 Å². The van der Waals surface area contributed by atoms with Gasteiger partial charge in [0.05, 0.1) is 6.26 Å². The Bertz CT molecular complexity index is 545. The molecule has 2 atom stereocenters. The number of rotatable bonds is 7. The molecule has 3 heteroatoms. The lowest BCUT2D eigenvalue weighted by molar-refractivity contribution is -0.122. The van der Waals surface area contributed by atoms with Crippen molar-refractivity contribution in [2.75, 3.05) is 6.54 Å². The third kappa shape index (κ3) is 4.85. The number of benzene rings is 1. The zero-order valence-electron chi connectivity index (χ0n) is 14.8. The molecule has 0 aromatic heterocycles. The van der Waals surface area contributed by atoms with Crippen LogP contribution < -0.4 is 5.32 Å². The summed E-state index contributed by atoms with van der Waals surface area (Å²) in [7, 11) is 0. The third-order valence-electron chi connectivity index (χ3n) is 4.29. The molecule has 0 spiro atoms. The lowest BCUT2D eigenvalue weighted by Crippen LogP contribution is -2.31. The quantitative estimate of drug-likeness (QED) is 0.814. The molecule has 1 aliphatic heterocycles. The lowest BCUT2D eigenvalue weighted by Gasteiger charge is -2.21. The van der Waals surface area contributed by atoms with Gasteiger partial charge >= 0.3 is 0 Å². The highest BCUT2D eigenvalue weighted by Gasteiger charge is 2.33. The molecular weight excluding hydrogens is 286 g/mol. The van der Waals surface area contributed by atoms with Crippen LogP contribution in [-0.4, -0.2) is 18.6 Å². The van der Waals surface area contributed by atoms with E-state index in [0.29, 0.717) is 12.3 Å². The van der Waals surface area contributed by atoms with Gasteiger partial charge in [0.15, 0.2) is 0 Å². The van der Waals surface area contributed by atoms with Crippen LogP contribution in [0.3, 0.4) is 0 Å². The van der Waals surface area contributed by atoms with Gasteiger partial charge in [-0.05, 0) is 24.8 Å². The molecule has 23 heavy (non-hydrogen) atoms. The first-order chi connectivity index (χ1) is 11.0. The number of hydrogen-bond donors (Lipinski definition) is 1. The third-order valence-corrected chi connectivity index (χ3v) is 4.29. The Kier molecular flexibility index (Phi) is 6.26. The van der Waals surface area contributed by atoms with Crippen molar-refractivity contribution >= 4 is 11.5 Å². The fourth-order valence-electron chi connectivity index (χ4n) is 2.96. The van der Waals surface area contributed by atoms with Gasteiger partial charge < -0.3 is 10.1 Å². The molecule has 0 radical (unpaired) electrons. The molecule has 0 saturated carbocycles. The average molecular weight is 315 g/mol. The van der Waals surface area contributed by atoms with Crippen molar-refractivity contribution in [3.05, 3.63) is 41.7 Å². The first-order valence-corrected chi connectivity index (χ1v) is 8.70. The summed E-state index contributed by atoms with van der Waals surface area (Å²) in [6.45, 7) is 9.19. The molecule has 1 aromatic rings. The topological polar surface area (TPSA) is 38.3 Å². The minimum absolute atomic E-state index is 0.112. The molecule has 1 aliphatic rings. The van der Waals surface area contributed by atoms with E-state index in [1.54, 1.807) is 0 Å². The van der Waals surface area contributed by atoms with Crippen molar-refractivity contribution in [1.82, 2.24) is 5.32 Å². The molecule has 0 saturated heterocycles. The van der Waals surface area contributed by atoms with Crippen molar-refractivity contribution in [3.8, 4) is 0 Å². The van der Waals surface area contributed by atoms with Gasteiger partial charge in [-0.15, -0.1) is 0 Å². The number of amides is 1. The van der Waals surface area contributed by atoms with Gasteiger partial charge in [-0.25, -0.2) is 0 Å². The van der Waals surface area contributed by atoms with Crippen molar-refractivity contribution in [2.24, 2.45) is 11.8 Å². The molecule has 1 aromatic carbocycles. The molecule has 2 unspecified atom stereocenters. The highest BCUT2D eigenvalue weighted by Crippen LogP contribution is 2.37. The first-order valence-electron chi connectivity index (χ1n) is 8.70. The molecule has 3 nitrogen and oxygen atoms in total. The first kappa shape index (κ1) is 17.6. The number of ether oxygens (including phenoxy) is 1. The van der Waals surface area contributed by atoms with E-state index in [1.165, 1.54) is 5.56 Å². The Morgan fingerprint density at radius 1 is 1.26 bits per heavy atom. The van der Waals surface area contributed by atoms with Crippen LogP contribution in [-0.2, 0) is 9.53 Å². The molecule has 1 heterocycles. The average Bonchev–Trinajstić information content (AvgIpc) is 2.89. The largest absolute Gasteiger partial charge is 0.497 e. The Labute approximate surface area is 140 Å². The second kappa shape index (κ2) is 8.19. The number of hydrogen-bond acceptors (Lipinski definition) is 2. The van der Waals surface area contributed by atoms with Crippen LogP contribution in [0.2, 0.25) is 0 Å². The van der Waals surface area contributed by atoms with E-state index in [-0.39, 0.29) is 17.9 Å². The second-order valence-electron chi connectivity index (χ2n) is 6.91. The fourth-order valence-corrected chi connectivity index (χ4v) is 2.96. The predicted molar refractivity (Wildman–Crippen MR) is 94.9 cm³/mol. The van der Waals surface area contributed by atoms with Gasteiger partial charge in [-0.3, -0.25) is 4.79 Å². The normalized spacial score (nSPS) is 20.3. The van der Waals surface area contributed by atoms with Crippen LogP contribution in [0.4, 0.5) is 0 Å². The van der Waals surface area contributed by atoms with Gasteiger partial charge in [-0.2, -0.15) is 0 Å². The van der Waals surface area contributed by atoms with Gasteiger partial charge in [0, 0.05) is 24.5 Å². The molecule has 0 aliphatic carbocycles. The standard InChI is InChI=1S/C20H29NO2/c1-5-6-19-17(11-20(22)21-12-14(2)3)18(13-23-19)16-9-7-15(4)8-10-16/h7-10,13-14,17,19H,5-6,11-12H2,1-4H3,(H,21,22). The van der Waals surface area contributed by atoms with E-state index in [4.69, 9.17) is 4.74 Å². The predicted octanol–water partition coefficient (Wildman–Crippen LogP) is 4.31. The molecule has 2 rings (SSSR count). The summed E-state index contributed by atoms with van der Waals surface area (Å²) in [4.78, 5) is 12.3. The fraction of sp³-hybridized carbons (Fsp3) is 0.550. The van der Waals surface area contributed by atoms with Crippen molar-refractivity contribution in [3.63, 3.8) is 0 Å². The van der Waals surface area contributed by atoms with Crippen LogP contribution in [0.1, 0.15) is 51.2 Å². The summed E-state index contributed by atoms with van der Waals surface area (Å²) in [5.41, 5.74) is 3.56. The Hall–Kier alpha value is -1.77. The van der Waals surface area contributed by atoms with E-state index in [9.17, 15) is 4.79 Å². The van der Waals surface area contributed by atoms with Gasteiger partial charge in [0.25, 0.3) is 0 Å². The summed E-state index contributed by atoms with van der Waals surface area (Å²) < 4.78 is 5.89. The number of aryl methyl sites for hydroxylation is 1. The molecular formula is C20H29NO2. The highest BCUT2D eigenvalue weighted by molar-refractivity contribution is 5.80. The maximum absolute atomic E-state index is 12.3. The van der Waals surface area contributed by atoms with Crippen LogP contribution in [0.25, 0.3) is 5.57 Å². The minimum atomic E-state index is 0.112. The smallest absolute Gasteiger partial charge is 0.220 e. The molecule has 126 valence electrons. The minimum Gasteiger partial charge on any atom is -0.497 e. The highest BCUT2D eigenvalue weighted by atomic mass is 16.5. The maximum Gasteiger partial charge on any atom is 0.220 e. The number of carbonyl (C=O) groups is 1. The molecule has 0 fully saturated rings. The Balaban J connectivity index is 2.10. The number of carbonyl (C=O) groups excluding carboxylic acids is 1. The van der Waals surface area contributed by atoms with Gasteiger partial charge in [0.1, 0.15) is 6.10 Å². The second-order valence-corrected chi connectivity index (χ2v) is 6.91. The van der Waals surface area contributed by atoms with E-state index < -0.39 is 0 Å². The van der Waals surface area contributed by atoms with Crippen LogP contribution >= 0.6 is 0 Å². The monoisotopic (exact) mass is 315 g/mol. The van der Waals surface area contributed by atoms with E-state index >= 15 is 0 Å². The van der Waals surface area contributed by atoms with E-state index in [1.807, 2.05) is 6.26 Å². The van der Waals surface area contributed by atoms with Crippen LogP contribution in [0.5, 0.6) is 0 Å². The maximum atomic E-state index is 12.3. The van der Waals surface area contributed by atoms with Crippen LogP contribution in [0, 0.1) is 18.8 Å². The molecule has 1 N–H and O–H groups in total. The summed E-state index contributed by atoms with van der Waals surface area (Å²) in [6.07, 6.45) is 4.52. The Morgan fingerprint density at radius 3 is 2.57 bits per heavy atom. The number of nitrogens with one attached hydrogen (secondary N) is 1. The van der Waals surface area contributed by atoms with Crippen LogP contribution in [0.15, 0.2) is 30.5 Å². The summed E-state index contributed by atoms with van der Waals surface area (Å²) in [5, 5.41) is 3.03.